The van der Waals surface area contributed by atoms with Gasteiger partial charge in [-0.3, -0.25) is 4.79 Å². The maximum atomic E-state index is 12.8. The standard InChI is InChI=1S/C20H20ClN3OS/c1-13-15(21)7-4-9-16(13)22-19(25)14-6-5-11-24(12-14)20-23-17-8-2-3-10-18(17)26-20/h2-4,7-10,14H,5-6,11-12H2,1H3,(H,22,25). The van der Waals surface area contributed by atoms with Gasteiger partial charge in [-0.25, -0.2) is 4.98 Å². The number of amides is 1. The molecule has 4 nitrogen and oxygen atoms in total. The highest BCUT2D eigenvalue weighted by molar-refractivity contribution is 7.22. The second-order valence-corrected chi connectivity index (χ2v) is 8.07. The molecule has 1 saturated heterocycles. The zero-order valence-corrected chi connectivity index (χ0v) is 16.1. The van der Waals surface area contributed by atoms with Gasteiger partial charge in [0, 0.05) is 23.8 Å². The molecule has 0 radical (unpaired) electrons. The number of carbonyl (C=O) groups is 1. The fourth-order valence-corrected chi connectivity index (χ4v) is 4.51. The maximum Gasteiger partial charge on any atom is 0.229 e. The fourth-order valence-electron chi connectivity index (χ4n) is 3.34. The number of para-hydroxylation sites is 1. The van der Waals surface area contributed by atoms with Crippen molar-refractivity contribution < 1.29 is 4.79 Å². The number of hydrogen-bond acceptors (Lipinski definition) is 4. The van der Waals surface area contributed by atoms with E-state index in [4.69, 9.17) is 16.6 Å². The van der Waals surface area contributed by atoms with Crippen molar-refractivity contribution in [3.05, 3.63) is 53.1 Å². The minimum absolute atomic E-state index is 0.0471. The summed E-state index contributed by atoms with van der Waals surface area (Å²) in [6.45, 7) is 3.57. The molecule has 2 heterocycles. The van der Waals surface area contributed by atoms with Crippen molar-refractivity contribution in [1.29, 1.82) is 0 Å². The number of anilines is 2. The van der Waals surface area contributed by atoms with Crippen molar-refractivity contribution in [2.45, 2.75) is 19.8 Å². The molecule has 26 heavy (non-hydrogen) atoms. The number of nitrogens with one attached hydrogen (secondary N) is 1. The lowest BCUT2D eigenvalue weighted by molar-refractivity contribution is -0.120. The summed E-state index contributed by atoms with van der Waals surface area (Å²) in [5.41, 5.74) is 2.72. The first-order chi connectivity index (χ1) is 12.6. The molecule has 0 aliphatic carbocycles. The van der Waals surface area contributed by atoms with Crippen LogP contribution in [0.25, 0.3) is 10.2 Å². The number of aromatic nitrogens is 1. The maximum absolute atomic E-state index is 12.8. The van der Waals surface area contributed by atoms with Gasteiger partial charge >= 0.3 is 0 Å². The van der Waals surface area contributed by atoms with Crippen LogP contribution in [-0.2, 0) is 4.79 Å². The van der Waals surface area contributed by atoms with Crippen LogP contribution in [0.4, 0.5) is 10.8 Å². The summed E-state index contributed by atoms with van der Waals surface area (Å²) in [6, 6.07) is 13.8. The number of hydrogen-bond donors (Lipinski definition) is 1. The van der Waals surface area contributed by atoms with Crippen molar-refractivity contribution in [1.82, 2.24) is 4.98 Å². The van der Waals surface area contributed by atoms with Gasteiger partial charge in [-0.15, -0.1) is 0 Å². The molecule has 1 atom stereocenters. The Balaban J connectivity index is 1.49. The SMILES string of the molecule is Cc1c(Cl)cccc1NC(=O)C1CCCN(c2nc3ccccc3s2)C1. The van der Waals surface area contributed by atoms with Gasteiger partial charge in [0.1, 0.15) is 0 Å². The Hall–Kier alpha value is -2.11. The largest absolute Gasteiger partial charge is 0.347 e. The van der Waals surface area contributed by atoms with E-state index < -0.39 is 0 Å². The molecule has 1 fully saturated rings. The van der Waals surface area contributed by atoms with E-state index in [9.17, 15) is 4.79 Å². The first kappa shape index (κ1) is 17.3. The smallest absolute Gasteiger partial charge is 0.229 e. The van der Waals surface area contributed by atoms with E-state index in [0.29, 0.717) is 11.6 Å². The van der Waals surface area contributed by atoms with Gasteiger partial charge in [-0.1, -0.05) is 41.1 Å². The van der Waals surface area contributed by atoms with Crippen LogP contribution in [0, 0.1) is 12.8 Å². The van der Waals surface area contributed by atoms with Gasteiger partial charge in [0.25, 0.3) is 0 Å². The third kappa shape index (κ3) is 3.41. The Morgan fingerprint density at radius 3 is 2.96 bits per heavy atom. The van der Waals surface area contributed by atoms with Gasteiger partial charge in [-0.2, -0.15) is 0 Å². The Labute approximate surface area is 161 Å². The molecular formula is C20H20ClN3OS. The van der Waals surface area contributed by atoms with E-state index in [0.717, 1.165) is 41.3 Å². The summed E-state index contributed by atoms with van der Waals surface area (Å²) >= 11 is 7.85. The second-order valence-electron chi connectivity index (χ2n) is 6.65. The van der Waals surface area contributed by atoms with E-state index in [1.54, 1.807) is 11.3 Å². The highest BCUT2D eigenvalue weighted by Crippen LogP contribution is 2.32. The topological polar surface area (TPSA) is 45.2 Å². The van der Waals surface area contributed by atoms with Crippen LogP contribution < -0.4 is 10.2 Å². The average molecular weight is 386 g/mol. The molecule has 1 unspecified atom stereocenters. The van der Waals surface area contributed by atoms with E-state index in [-0.39, 0.29) is 11.8 Å². The van der Waals surface area contributed by atoms with E-state index in [2.05, 4.69) is 16.3 Å². The van der Waals surface area contributed by atoms with Gasteiger partial charge in [0.15, 0.2) is 5.13 Å². The molecule has 0 bridgehead atoms. The van der Waals surface area contributed by atoms with Crippen LogP contribution in [0.2, 0.25) is 5.02 Å². The van der Waals surface area contributed by atoms with Crippen molar-refractivity contribution in [3.63, 3.8) is 0 Å². The van der Waals surface area contributed by atoms with Crippen LogP contribution in [0.5, 0.6) is 0 Å². The molecule has 4 rings (SSSR count). The molecule has 0 saturated carbocycles. The minimum atomic E-state index is -0.0471. The van der Waals surface area contributed by atoms with Crippen molar-refractivity contribution in [2.75, 3.05) is 23.3 Å². The summed E-state index contributed by atoms with van der Waals surface area (Å²) < 4.78 is 1.18. The number of halogens is 1. The van der Waals surface area contributed by atoms with Crippen molar-refractivity contribution in [2.24, 2.45) is 5.92 Å². The average Bonchev–Trinajstić information content (AvgIpc) is 3.10. The summed E-state index contributed by atoms with van der Waals surface area (Å²) in [6.07, 6.45) is 1.88. The van der Waals surface area contributed by atoms with Crippen molar-refractivity contribution >= 4 is 49.9 Å². The normalized spacial score (nSPS) is 17.5. The Morgan fingerprint density at radius 2 is 2.12 bits per heavy atom. The molecular weight excluding hydrogens is 366 g/mol. The summed E-state index contributed by atoms with van der Waals surface area (Å²) in [5.74, 6) is 0.00956. The van der Waals surface area contributed by atoms with Gasteiger partial charge in [0.05, 0.1) is 16.1 Å². The summed E-state index contributed by atoms with van der Waals surface area (Å²) in [4.78, 5) is 19.8. The monoisotopic (exact) mass is 385 g/mol. The molecule has 6 heteroatoms. The number of fused-ring (bicyclic) bond motifs is 1. The highest BCUT2D eigenvalue weighted by atomic mass is 35.5. The summed E-state index contributed by atoms with van der Waals surface area (Å²) in [7, 11) is 0. The number of benzene rings is 2. The molecule has 1 aliphatic rings. The summed E-state index contributed by atoms with van der Waals surface area (Å²) in [5, 5.41) is 4.72. The van der Waals surface area contributed by atoms with Gasteiger partial charge < -0.3 is 10.2 Å². The fraction of sp³-hybridized carbons (Fsp3) is 0.300. The van der Waals surface area contributed by atoms with Crippen LogP contribution in [0.1, 0.15) is 18.4 Å². The second kappa shape index (κ2) is 7.25. The predicted octanol–water partition coefficient (Wildman–Crippen LogP) is 5.11. The van der Waals surface area contributed by atoms with Gasteiger partial charge in [-0.05, 0) is 49.6 Å². The molecule has 134 valence electrons. The van der Waals surface area contributed by atoms with Gasteiger partial charge in [0.2, 0.25) is 5.91 Å². The predicted molar refractivity (Wildman–Crippen MR) is 109 cm³/mol. The van der Waals surface area contributed by atoms with Crippen LogP contribution in [0.3, 0.4) is 0 Å². The van der Waals surface area contributed by atoms with E-state index >= 15 is 0 Å². The van der Waals surface area contributed by atoms with Crippen LogP contribution in [0.15, 0.2) is 42.5 Å². The van der Waals surface area contributed by atoms with Crippen LogP contribution >= 0.6 is 22.9 Å². The highest BCUT2D eigenvalue weighted by Gasteiger charge is 2.27. The van der Waals surface area contributed by atoms with E-state index in [1.165, 1.54) is 4.70 Å². The lowest BCUT2D eigenvalue weighted by atomic mass is 9.97. The number of rotatable bonds is 3. The third-order valence-electron chi connectivity index (χ3n) is 4.87. The molecule has 2 aromatic carbocycles. The Bertz CT molecular complexity index is 922. The number of thiazole rings is 1. The lowest BCUT2D eigenvalue weighted by Crippen LogP contribution is -2.40. The zero-order chi connectivity index (χ0) is 18.1. The minimum Gasteiger partial charge on any atom is -0.347 e. The molecule has 1 aliphatic heterocycles. The molecule has 0 spiro atoms. The number of carbonyl (C=O) groups excluding carboxylic acids is 1. The molecule has 1 aromatic heterocycles. The lowest BCUT2D eigenvalue weighted by Gasteiger charge is -2.31. The molecule has 1 amide bonds. The Kier molecular flexibility index (Phi) is 4.83. The first-order valence-corrected chi connectivity index (χ1v) is 9.98. The number of piperidine rings is 1. The molecule has 3 aromatic rings. The van der Waals surface area contributed by atoms with Crippen LogP contribution in [-0.4, -0.2) is 24.0 Å². The quantitative estimate of drug-likeness (QED) is 0.681. The zero-order valence-electron chi connectivity index (χ0n) is 14.5. The first-order valence-electron chi connectivity index (χ1n) is 8.78. The van der Waals surface area contributed by atoms with E-state index in [1.807, 2.05) is 43.3 Å². The number of nitrogens with zero attached hydrogens (tertiary/aromatic N) is 2. The third-order valence-corrected chi connectivity index (χ3v) is 6.38. The van der Waals surface area contributed by atoms with Crippen molar-refractivity contribution in [3.8, 4) is 0 Å². The molecule has 1 N–H and O–H groups in total. The Morgan fingerprint density at radius 1 is 1.27 bits per heavy atom.